The number of rotatable bonds is 4. The van der Waals surface area contributed by atoms with Gasteiger partial charge in [0.25, 0.3) is 0 Å². The number of carbonyl (C=O) groups is 2. The molecule has 1 unspecified atom stereocenters. The molecule has 1 N–H and O–H groups in total. The summed E-state index contributed by atoms with van der Waals surface area (Å²) >= 11 is 0. The van der Waals surface area contributed by atoms with Gasteiger partial charge in [0.15, 0.2) is 0 Å². The van der Waals surface area contributed by atoms with Crippen molar-refractivity contribution in [3.05, 3.63) is 35.5 Å². The second-order valence-corrected chi connectivity index (χ2v) is 5.07. The van der Waals surface area contributed by atoms with Crippen LogP contribution < -0.4 is 5.32 Å². The Morgan fingerprint density at radius 3 is 2.37 bits per heavy atom. The average molecular weight is 261 g/mol. The highest BCUT2D eigenvalue weighted by Gasteiger charge is 2.28. The summed E-state index contributed by atoms with van der Waals surface area (Å²) in [7, 11) is 0. The fourth-order valence-corrected chi connectivity index (χ4v) is 2.24. The fourth-order valence-electron chi connectivity index (χ4n) is 2.24. The largest absolute Gasteiger partial charge is 0.296 e. The first-order chi connectivity index (χ1) is 8.99. The molecule has 1 atom stereocenters. The van der Waals surface area contributed by atoms with Crippen LogP contribution in [0.5, 0.6) is 0 Å². The van der Waals surface area contributed by atoms with Crippen LogP contribution in [0.1, 0.15) is 40.5 Å². The zero-order valence-corrected chi connectivity index (χ0v) is 12.2. The van der Waals surface area contributed by atoms with E-state index in [1.165, 1.54) is 5.57 Å². The van der Waals surface area contributed by atoms with Gasteiger partial charge in [0.2, 0.25) is 11.8 Å². The van der Waals surface area contributed by atoms with Gasteiger partial charge in [0, 0.05) is 6.42 Å². The Kier molecular flexibility index (Phi) is 5.74. The van der Waals surface area contributed by atoms with E-state index >= 15 is 0 Å². The summed E-state index contributed by atoms with van der Waals surface area (Å²) in [6, 6.07) is 0. The molecular weight excluding hydrogens is 238 g/mol. The van der Waals surface area contributed by atoms with Crippen molar-refractivity contribution >= 4 is 11.8 Å². The van der Waals surface area contributed by atoms with E-state index in [9.17, 15) is 9.59 Å². The van der Waals surface area contributed by atoms with Crippen molar-refractivity contribution in [2.45, 2.75) is 40.5 Å². The minimum Gasteiger partial charge on any atom is -0.296 e. The maximum Gasteiger partial charge on any atom is 0.234 e. The highest BCUT2D eigenvalue weighted by Crippen LogP contribution is 2.23. The average Bonchev–Trinajstić information content (AvgIpc) is 2.35. The first kappa shape index (κ1) is 15.4. The quantitative estimate of drug-likeness (QED) is 0.624. The molecule has 2 amide bonds. The normalized spacial score (nSPS) is 22.3. The van der Waals surface area contributed by atoms with Crippen LogP contribution in [0, 0.1) is 11.8 Å². The smallest absolute Gasteiger partial charge is 0.234 e. The Morgan fingerprint density at radius 2 is 1.89 bits per heavy atom. The molecule has 104 valence electrons. The molecule has 3 nitrogen and oxygen atoms in total. The van der Waals surface area contributed by atoms with Crippen LogP contribution in [0.4, 0.5) is 0 Å². The summed E-state index contributed by atoms with van der Waals surface area (Å²) < 4.78 is 0. The SMILES string of the molecule is C\C=C(/C=C\C(=C/C)C1CCC(=O)NC1=O)C(C)C. The maximum absolute atomic E-state index is 11.8. The van der Waals surface area contributed by atoms with Gasteiger partial charge in [-0.15, -0.1) is 0 Å². The van der Waals surface area contributed by atoms with Crippen molar-refractivity contribution in [3.63, 3.8) is 0 Å². The van der Waals surface area contributed by atoms with Crippen molar-refractivity contribution in [1.29, 1.82) is 0 Å². The monoisotopic (exact) mass is 261 g/mol. The van der Waals surface area contributed by atoms with Gasteiger partial charge in [-0.1, -0.05) is 38.2 Å². The summed E-state index contributed by atoms with van der Waals surface area (Å²) in [6.45, 7) is 8.22. The minimum atomic E-state index is -0.204. The van der Waals surface area contributed by atoms with E-state index in [4.69, 9.17) is 0 Å². The summed E-state index contributed by atoms with van der Waals surface area (Å²) in [5.41, 5.74) is 2.22. The van der Waals surface area contributed by atoms with E-state index in [0.717, 1.165) is 5.57 Å². The number of hydrogen-bond donors (Lipinski definition) is 1. The molecule has 0 aromatic carbocycles. The van der Waals surface area contributed by atoms with Crippen molar-refractivity contribution in [2.24, 2.45) is 11.8 Å². The van der Waals surface area contributed by atoms with E-state index in [1.807, 2.05) is 26.0 Å². The van der Waals surface area contributed by atoms with E-state index in [1.54, 1.807) is 0 Å². The van der Waals surface area contributed by atoms with Gasteiger partial charge in [0.1, 0.15) is 0 Å². The van der Waals surface area contributed by atoms with Crippen LogP contribution in [0.2, 0.25) is 0 Å². The highest BCUT2D eigenvalue weighted by atomic mass is 16.2. The summed E-state index contributed by atoms with van der Waals surface area (Å²) in [6.07, 6.45) is 9.10. The first-order valence-corrected chi connectivity index (χ1v) is 6.83. The third-order valence-electron chi connectivity index (χ3n) is 3.44. The molecule has 0 saturated carbocycles. The van der Waals surface area contributed by atoms with Crippen LogP contribution in [-0.4, -0.2) is 11.8 Å². The lowest BCUT2D eigenvalue weighted by molar-refractivity contribution is -0.135. The maximum atomic E-state index is 11.8. The van der Waals surface area contributed by atoms with E-state index in [2.05, 4.69) is 31.3 Å². The van der Waals surface area contributed by atoms with Gasteiger partial charge in [-0.2, -0.15) is 0 Å². The van der Waals surface area contributed by atoms with Gasteiger partial charge < -0.3 is 0 Å². The van der Waals surface area contributed by atoms with Crippen LogP contribution in [-0.2, 0) is 9.59 Å². The second kappa shape index (κ2) is 7.07. The molecule has 0 aromatic heterocycles. The third kappa shape index (κ3) is 4.19. The first-order valence-electron chi connectivity index (χ1n) is 6.83. The lowest BCUT2D eigenvalue weighted by atomic mass is 9.89. The molecule has 3 heteroatoms. The molecule has 1 fully saturated rings. The molecule has 1 rings (SSSR count). The van der Waals surface area contributed by atoms with Gasteiger partial charge in [-0.25, -0.2) is 0 Å². The molecule has 1 saturated heterocycles. The molecule has 1 aliphatic rings. The van der Waals surface area contributed by atoms with Crippen LogP contribution >= 0.6 is 0 Å². The zero-order valence-electron chi connectivity index (χ0n) is 12.2. The second-order valence-electron chi connectivity index (χ2n) is 5.07. The Labute approximate surface area is 115 Å². The predicted molar refractivity (Wildman–Crippen MR) is 77.4 cm³/mol. The number of hydrogen-bond acceptors (Lipinski definition) is 2. The molecule has 0 radical (unpaired) electrons. The number of allylic oxidation sites excluding steroid dienone is 5. The number of carbonyl (C=O) groups excluding carboxylic acids is 2. The lowest BCUT2D eigenvalue weighted by Crippen LogP contribution is -2.41. The van der Waals surface area contributed by atoms with E-state index in [-0.39, 0.29) is 17.7 Å². The molecule has 19 heavy (non-hydrogen) atoms. The van der Waals surface area contributed by atoms with Crippen LogP contribution in [0.3, 0.4) is 0 Å². The molecule has 0 bridgehead atoms. The van der Waals surface area contributed by atoms with Gasteiger partial charge >= 0.3 is 0 Å². The Morgan fingerprint density at radius 1 is 1.21 bits per heavy atom. The minimum absolute atomic E-state index is 0.169. The van der Waals surface area contributed by atoms with E-state index < -0.39 is 0 Å². The topological polar surface area (TPSA) is 46.2 Å². The molecular formula is C16H23NO2. The summed E-state index contributed by atoms with van der Waals surface area (Å²) in [5.74, 6) is -0.0945. The van der Waals surface area contributed by atoms with Crippen molar-refractivity contribution < 1.29 is 9.59 Å². The number of piperidine rings is 1. The number of nitrogens with one attached hydrogen (secondary N) is 1. The molecule has 0 aromatic rings. The molecule has 0 spiro atoms. The Hall–Kier alpha value is -1.64. The van der Waals surface area contributed by atoms with Crippen molar-refractivity contribution in [1.82, 2.24) is 5.32 Å². The third-order valence-corrected chi connectivity index (χ3v) is 3.44. The fraction of sp³-hybridized carbons (Fsp3) is 0.500. The zero-order chi connectivity index (χ0) is 14.4. The van der Waals surface area contributed by atoms with Gasteiger partial charge in [-0.05, 0) is 37.3 Å². The highest BCUT2D eigenvalue weighted by molar-refractivity contribution is 6.00. The Balaban J connectivity index is 2.83. The van der Waals surface area contributed by atoms with E-state index in [0.29, 0.717) is 18.8 Å². The van der Waals surface area contributed by atoms with Crippen molar-refractivity contribution in [2.75, 3.05) is 0 Å². The molecule has 1 aliphatic heterocycles. The number of imide groups is 1. The summed E-state index contributed by atoms with van der Waals surface area (Å²) in [4.78, 5) is 23.0. The lowest BCUT2D eigenvalue weighted by Gasteiger charge is -2.21. The van der Waals surface area contributed by atoms with Gasteiger partial charge in [0.05, 0.1) is 5.92 Å². The van der Waals surface area contributed by atoms with Crippen LogP contribution in [0.15, 0.2) is 35.5 Å². The van der Waals surface area contributed by atoms with Crippen LogP contribution in [0.25, 0.3) is 0 Å². The number of amides is 2. The van der Waals surface area contributed by atoms with Gasteiger partial charge in [-0.3, -0.25) is 14.9 Å². The summed E-state index contributed by atoms with van der Waals surface area (Å²) in [5, 5.41) is 2.40. The predicted octanol–water partition coefficient (Wildman–Crippen LogP) is 3.14. The molecule has 1 heterocycles. The standard InChI is InChI=1S/C16H23NO2/c1-5-12(11(3)4)7-8-13(6-2)14-9-10-15(18)17-16(14)19/h5-8,11,14H,9-10H2,1-4H3,(H,17,18,19)/b8-7-,12-5+,13-6+. The molecule has 0 aliphatic carbocycles. The van der Waals surface area contributed by atoms with Crippen molar-refractivity contribution in [3.8, 4) is 0 Å². The Bertz CT molecular complexity index is 442.